The lowest BCUT2D eigenvalue weighted by molar-refractivity contribution is 0.313. The van der Waals surface area contributed by atoms with Crippen molar-refractivity contribution in [2.75, 3.05) is 57.1 Å². The third-order valence-electron chi connectivity index (χ3n) is 6.62. The molecule has 0 bridgehead atoms. The highest BCUT2D eigenvalue weighted by Crippen LogP contribution is 2.34. The van der Waals surface area contributed by atoms with Gasteiger partial charge in [-0.3, -0.25) is 15.1 Å². The summed E-state index contributed by atoms with van der Waals surface area (Å²) >= 11 is 0. The molecule has 5 heterocycles. The van der Waals surface area contributed by atoms with Crippen LogP contribution in [-0.4, -0.2) is 82.4 Å². The summed E-state index contributed by atoms with van der Waals surface area (Å²) in [7, 11) is 5.97. The van der Waals surface area contributed by atoms with E-state index in [1.165, 1.54) is 0 Å². The topological polar surface area (TPSA) is 92.9 Å². The minimum atomic E-state index is -0.455. The van der Waals surface area contributed by atoms with E-state index in [0.29, 0.717) is 28.0 Å². The first-order chi connectivity index (χ1) is 17.0. The van der Waals surface area contributed by atoms with Crippen LogP contribution < -0.4 is 9.80 Å². The molecule has 0 amide bonds. The Balaban J connectivity index is 1.46. The standard InChI is InChI=1S/C25H26FN9/c1-33(2)16-11-15(12-27-13-16)22-21(26)20-18(14-28-22)31-32-24(20)25-29-17-5-4-6-19(23(17)30-25)35-9-7-34(3)8-10-35/h4-6,11-14H,7-10H2,1-3H3,(H,29,30)(H,31,32). The number of anilines is 2. The third kappa shape index (κ3) is 3.66. The van der Waals surface area contributed by atoms with E-state index in [1.807, 2.05) is 37.2 Å². The zero-order chi connectivity index (χ0) is 24.1. The van der Waals surface area contributed by atoms with E-state index in [4.69, 9.17) is 4.98 Å². The van der Waals surface area contributed by atoms with Gasteiger partial charge in [0.15, 0.2) is 11.6 Å². The van der Waals surface area contributed by atoms with Crippen LogP contribution in [0.5, 0.6) is 0 Å². The molecular formula is C25H26FN9. The molecule has 178 valence electrons. The molecule has 4 aromatic heterocycles. The van der Waals surface area contributed by atoms with Gasteiger partial charge in [0.25, 0.3) is 0 Å². The summed E-state index contributed by atoms with van der Waals surface area (Å²) in [5.74, 6) is 0.0627. The Morgan fingerprint density at radius 1 is 1.00 bits per heavy atom. The maximum absolute atomic E-state index is 15.9. The molecule has 1 aliphatic rings. The number of pyridine rings is 2. The van der Waals surface area contributed by atoms with Crippen molar-refractivity contribution < 1.29 is 4.39 Å². The Bertz CT molecular complexity index is 1530. The number of benzene rings is 1. The van der Waals surface area contributed by atoms with Crippen molar-refractivity contribution in [2.24, 2.45) is 0 Å². The number of nitrogens with one attached hydrogen (secondary N) is 2. The molecule has 2 N–H and O–H groups in total. The molecule has 0 unspecified atom stereocenters. The van der Waals surface area contributed by atoms with Crippen molar-refractivity contribution in [3.8, 4) is 22.8 Å². The average molecular weight is 472 g/mol. The van der Waals surface area contributed by atoms with E-state index in [2.05, 4.69) is 48.1 Å². The smallest absolute Gasteiger partial charge is 0.161 e. The van der Waals surface area contributed by atoms with Crippen LogP contribution in [0.1, 0.15) is 0 Å². The monoisotopic (exact) mass is 471 g/mol. The van der Waals surface area contributed by atoms with E-state index < -0.39 is 5.82 Å². The predicted octanol–water partition coefficient (Wildman–Crippen LogP) is 3.52. The van der Waals surface area contributed by atoms with Crippen LogP contribution in [0.3, 0.4) is 0 Å². The van der Waals surface area contributed by atoms with Gasteiger partial charge in [-0.1, -0.05) is 6.07 Å². The Labute approximate surface area is 201 Å². The number of imidazole rings is 1. The highest BCUT2D eigenvalue weighted by Gasteiger charge is 2.23. The minimum Gasteiger partial charge on any atom is -0.376 e. The Morgan fingerprint density at radius 2 is 1.83 bits per heavy atom. The number of aromatic nitrogens is 6. The molecule has 0 radical (unpaired) electrons. The number of halogens is 1. The largest absolute Gasteiger partial charge is 0.376 e. The molecule has 6 rings (SSSR count). The van der Waals surface area contributed by atoms with Gasteiger partial charge in [-0.2, -0.15) is 5.10 Å². The van der Waals surface area contributed by atoms with Crippen LogP contribution in [-0.2, 0) is 0 Å². The number of nitrogens with zero attached hydrogens (tertiary/aromatic N) is 7. The summed E-state index contributed by atoms with van der Waals surface area (Å²) in [6.07, 6.45) is 4.95. The van der Waals surface area contributed by atoms with Crippen LogP contribution in [0.25, 0.3) is 44.7 Å². The highest BCUT2D eigenvalue weighted by molar-refractivity contribution is 5.97. The lowest BCUT2D eigenvalue weighted by atomic mass is 10.1. The Kier molecular flexibility index (Phi) is 5.10. The van der Waals surface area contributed by atoms with E-state index in [9.17, 15) is 0 Å². The van der Waals surface area contributed by atoms with Gasteiger partial charge in [0, 0.05) is 52.0 Å². The Hall–Kier alpha value is -4.05. The van der Waals surface area contributed by atoms with Crippen molar-refractivity contribution in [1.82, 2.24) is 35.0 Å². The molecule has 5 aromatic rings. The molecular weight excluding hydrogens is 445 g/mol. The molecule has 1 aliphatic heterocycles. The SMILES string of the molecule is CN1CCN(c2cccc3[nH]c(-c4n[nH]c5cnc(-c6cncc(N(C)C)c6)c(F)c45)nc23)CC1. The van der Waals surface area contributed by atoms with Crippen molar-refractivity contribution in [1.29, 1.82) is 0 Å². The number of hydrogen-bond acceptors (Lipinski definition) is 7. The molecule has 1 saturated heterocycles. The van der Waals surface area contributed by atoms with E-state index >= 15 is 4.39 Å². The van der Waals surface area contributed by atoms with Crippen molar-refractivity contribution >= 4 is 33.3 Å². The Morgan fingerprint density at radius 3 is 2.63 bits per heavy atom. The molecule has 1 fully saturated rings. The maximum Gasteiger partial charge on any atom is 0.161 e. The molecule has 0 atom stereocenters. The quantitative estimate of drug-likeness (QED) is 0.414. The van der Waals surface area contributed by atoms with Gasteiger partial charge in [0.2, 0.25) is 0 Å². The summed E-state index contributed by atoms with van der Waals surface area (Å²) in [5, 5.41) is 7.67. The van der Waals surface area contributed by atoms with Gasteiger partial charge in [0.1, 0.15) is 16.9 Å². The number of hydrogen-bond donors (Lipinski definition) is 2. The van der Waals surface area contributed by atoms with Gasteiger partial charge < -0.3 is 19.7 Å². The first kappa shape index (κ1) is 21.5. The number of aromatic amines is 2. The van der Waals surface area contributed by atoms with Gasteiger partial charge >= 0.3 is 0 Å². The zero-order valence-electron chi connectivity index (χ0n) is 19.9. The molecule has 9 nitrogen and oxygen atoms in total. The number of piperazine rings is 1. The summed E-state index contributed by atoms with van der Waals surface area (Å²) in [6, 6.07) is 7.97. The summed E-state index contributed by atoms with van der Waals surface area (Å²) in [5.41, 5.74) is 5.47. The fourth-order valence-electron chi connectivity index (χ4n) is 4.58. The van der Waals surface area contributed by atoms with Gasteiger partial charge in [-0.25, -0.2) is 9.37 Å². The lowest BCUT2D eigenvalue weighted by Crippen LogP contribution is -2.44. The minimum absolute atomic E-state index is 0.227. The van der Waals surface area contributed by atoms with Crippen LogP contribution in [0.2, 0.25) is 0 Å². The number of likely N-dealkylation sites (N-methyl/N-ethyl adjacent to an activating group) is 1. The average Bonchev–Trinajstić information content (AvgIpc) is 3.49. The highest BCUT2D eigenvalue weighted by atomic mass is 19.1. The number of fused-ring (bicyclic) bond motifs is 2. The normalized spacial score (nSPS) is 14.8. The second kappa shape index (κ2) is 8.31. The molecule has 0 spiro atoms. The van der Waals surface area contributed by atoms with Crippen molar-refractivity contribution in [3.05, 3.63) is 48.7 Å². The van der Waals surface area contributed by atoms with E-state index in [-0.39, 0.29) is 5.69 Å². The van der Waals surface area contributed by atoms with Crippen LogP contribution in [0.4, 0.5) is 15.8 Å². The summed E-state index contributed by atoms with van der Waals surface area (Å²) in [4.78, 5) is 23.4. The molecule has 10 heteroatoms. The van der Waals surface area contributed by atoms with Gasteiger partial charge in [0.05, 0.1) is 40.2 Å². The first-order valence-corrected chi connectivity index (χ1v) is 11.6. The van der Waals surface area contributed by atoms with E-state index in [0.717, 1.165) is 48.6 Å². The van der Waals surface area contributed by atoms with E-state index in [1.54, 1.807) is 18.6 Å². The second-order valence-corrected chi connectivity index (χ2v) is 9.16. The molecule has 1 aromatic carbocycles. The zero-order valence-corrected chi connectivity index (χ0v) is 19.9. The lowest BCUT2D eigenvalue weighted by Gasteiger charge is -2.34. The van der Waals surface area contributed by atoms with Crippen molar-refractivity contribution in [2.45, 2.75) is 0 Å². The fraction of sp³-hybridized carbons (Fsp3) is 0.280. The fourth-order valence-corrected chi connectivity index (χ4v) is 4.58. The maximum atomic E-state index is 15.9. The van der Waals surface area contributed by atoms with Gasteiger partial charge in [-0.15, -0.1) is 0 Å². The van der Waals surface area contributed by atoms with Crippen LogP contribution in [0.15, 0.2) is 42.9 Å². The molecule has 0 saturated carbocycles. The summed E-state index contributed by atoms with van der Waals surface area (Å²) in [6.45, 7) is 3.88. The first-order valence-electron chi connectivity index (χ1n) is 11.6. The van der Waals surface area contributed by atoms with Gasteiger partial charge in [-0.05, 0) is 25.2 Å². The summed E-state index contributed by atoms with van der Waals surface area (Å²) < 4.78 is 15.9. The number of H-pyrrole nitrogens is 2. The van der Waals surface area contributed by atoms with Crippen LogP contribution >= 0.6 is 0 Å². The van der Waals surface area contributed by atoms with Crippen molar-refractivity contribution in [3.63, 3.8) is 0 Å². The predicted molar refractivity (Wildman–Crippen MR) is 136 cm³/mol. The third-order valence-corrected chi connectivity index (χ3v) is 6.62. The molecule has 0 aliphatic carbocycles. The number of rotatable bonds is 4. The molecule has 35 heavy (non-hydrogen) atoms. The number of para-hydroxylation sites is 1. The van der Waals surface area contributed by atoms with Crippen LogP contribution in [0, 0.1) is 5.82 Å². The second-order valence-electron chi connectivity index (χ2n) is 9.16.